The number of nitrogens with zero attached hydrogens (tertiary/aromatic N) is 1. The molecule has 0 bridgehead atoms. The standard InChI is InChI=1S/C13H14N2O4/c14-12(18)8-2-1-3-9(6-8)13(19)15(7-11(16)17)10-4-5-10/h1-3,6,10H,4-5,7H2,(H2,14,18)(H,16,17). The Hall–Kier alpha value is -2.37. The van der Waals surface area contributed by atoms with Crippen molar-refractivity contribution in [1.29, 1.82) is 0 Å². The largest absolute Gasteiger partial charge is 0.480 e. The number of carbonyl (C=O) groups is 3. The van der Waals surface area contributed by atoms with Gasteiger partial charge in [0.1, 0.15) is 6.54 Å². The number of aliphatic carboxylic acids is 1. The molecule has 1 aromatic rings. The fraction of sp³-hybridized carbons (Fsp3) is 0.308. The Labute approximate surface area is 109 Å². The Morgan fingerprint density at radius 2 is 1.89 bits per heavy atom. The molecule has 0 aliphatic heterocycles. The quantitative estimate of drug-likeness (QED) is 0.805. The third-order valence-electron chi connectivity index (χ3n) is 2.95. The smallest absolute Gasteiger partial charge is 0.323 e. The number of carboxylic acid groups (broad SMARTS) is 1. The van der Waals surface area contributed by atoms with Gasteiger partial charge in [0.2, 0.25) is 5.91 Å². The van der Waals surface area contributed by atoms with Crippen LogP contribution in [0, 0.1) is 0 Å². The average Bonchev–Trinajstić information content (AvgIpc) is 3.19. The normalized spacial score (nSPS) is 13.9. The monoisotopic (exact) mass is 262 g/mol. The molecule has 100 valence electrons. The lowest BCUT2D eigenvalue weighted by Crippen LogP contribution is -2.37. The highest BCUT2D eigenvalue weighted by molar-refractivity contribution is 6.00. The van der Waals surface area contributed by atoms with Crippen LogP contribution in [-0.2, 0) is 4.79 Å². The average molecular weight is 262 g/mol. The van der Waals surface area contributed by atoms with E-state index in [4.69, 9.17) is 10.8 Å². The summed E-state index contributed by atoms with van der Waals surface area (Å²) in [6.07, 6.45) is 1.63. The van der Waals surface area contributed by atoms with Crippen molar-refractivity contribution in [2.24, 2.45) is 5.73 Å². The van der Waals surface area contributed by atoms with Crippen molar-refractivity contribution >= 4 is 17.8 Å². The number of benzene rings is 1. The van der Waals surface area contributed by atoms with E-state index in [0.717, 1.165) is 12.8 Å². The molecule has 0 aromatic heterocycles. The van der Waals surface area contributed by atoms with Gasteiger partial charge in [0.25, 0.3) is 5.91 Å². The molecule has 1 aromatic carbocycles. The van der Waals surface area contributed by atoms with E-state index in [0.29, 0.717) is 0 Å². The molecule has 19 heavy (non-hydrogen) atoms. The minimum Gasteiger partial charge on any atom is -0.480 e. The lowest BCUT2D eigenvalue weighted by molar-refractivity contribution is -0.137. The van der Waals surface area contributed by atoms with Crippen LogP contribution in [-0.4, -0.2) is 40.4 Å². The first-order chi connectivity index (χ1) is 8.99. The van der Waals surface area contributed by atoms with Crippen LogP contribution in [0.3, 0.4) is 0 Å². The molecule has 1 aliphatic rings. The zero-order valence-electron chi connectivity index (χ0n) is 10.2. The third-order valence-corrected chi connectivity index (χ3v) is 2.95. The summed E-state index contributed by atoms with van der Waals surface area (Å²) in [5.74, 6) is -2.05. The van der Waals surface area contributed by atoms with Gasteiger partial charge in [-0.25, -0.2) is 0 Å². The maximum Gasteiger partial charge on any atom is 0.323 e. The minimum absolute atomic E-state index is 0.0131. The Morgan fingerprint density at radius 3 is 2.42 bits per heavy atom. The van der Waals surface area contributed by atoms with Gasteiger partial charge in [-0.1, -0.05) is 6.07 Å². The van der Waals surface area contributed by atoms with Gasteiger partial charge in [0.15, 0.2) is 0 Å². The van der Waals surface area contributed by atoms with E-state index < -0.39 is 11.9 Å². The maximum atomic E-state index is 12.2. The molecule has 3 N–H and O–H groups in total. The van der Waals surface area contributed by atoms with Gasteiger partial charge in [-0.3, -0.25) is 14.4 Å². The van der Waals surface area contributed by atoms with E-state index in [1.165, 1.54) is 17.0 Å². The molecule has 2 amide bonds. The molecule has 2 rings (SSSR count). The molecule has 0 heterocycles. The van der Waals surface area contributed by atoms with Gasteiger partial charge in [-0.2, -0.15) is 0 Å². The summed E-state index contributed by atoms with van der Waals surface area (Å²) in [6, 6.07) is 5.99. The molecule has 0 spiro atoms. The first kappa shape index (κ1) is 13.1. The molecular weight excluding hydrogens is 248 g/mol. The molecule has 1 saturated carbocycles. The Bertz CT molecular complexity index is 537. The Balaban J connectivity index is 2.23. The second-order valence-corrected chi connectivity index (χ2v) is 4.50. The van der Waals surface area contributed by atoms with Crippen LogP contribution < -0.4 is 5.73 Å². The summed E-state index contributed by atoms with van der Waals surface area (Å²) < 4.78 is 0. The summed E-state index contributed by atoms with van der Waals surface area (Å²) in [6.45, 7) is -0.329. The maximum absolute atomic E-state index is 12.2. The molecule has 1 fully saturated rings. The van der Waals surface area contributed by atoms with Gasteiger partial charge in [0.05, 0.1) is 0 Å². The van der Waals surface area contributed by atoms with E-state index in [-0.39, 0.29) is 29.6 Å². The van der Waals surface area contributed by atoms with Gasteiger partial charge in [-0.05, 0) is 31.0 Å². The van der Waals surface area contributed by atoms with E-state index in [2.05, 4.69) is 0 Å². The first-order valence-corrected chi connectivity index (χ1v) is 5.91. The number of hydrogen-bond donors (Lipinski definition) is 2. The van der Waals surface area contributed by atoms with Crippen LogP contribution in [0.15, 0.2) is 24.3 Å². The van der Waals surface area contributed by atoms with Crippen molar-refractivity contribution in [3.05, 3.63) is 35.4 Å². The molecule has 1 aliphatic carbocycles. The van der Waals surface area contributed by atoms with E-state index in [1.54, 1.807) is 12.1 Å². The number of carbonyl (C=O) groups excluding carboxylic acids is 2. The summed E-state index contributed by atoms with van der Waals surface area (Å²) >= 11 is 0. The third kappa shape index (κ3) is 3.09. The fourth-order valence-electron chi connectivity index (χ4n) is 1.87. The molecule has 6 nitrogen and oxygen atoms in total. The topological polar surface area (TPSA) is 101 Å². The first-order valence-electron chi connectivity index (χ1n) is 5.91. The molecule has 0 radical (unpaired) electrons. The van der Waals surface area contributed by atoms with Crippen LogP contribution in [0.5, 0.6) is 0 Å². The second kappa shape index (κ2) is 5.09. The van der Waals surface area contributed by atoms with Crippen molar-refractivity contribution in [2.75, 3.05) is 6.54 Å². The number of nitrogens with two attached hydrogens (primary N) is 1. The second-order valence-electron chi connectivity index (χ2n) is 4.50. The fourth-order valence-corrected chi connectivity index (χ4v) is 1.87. The Kier molecular flexibility index (Phi) is 3.50. The van der Waals surface area contributed by atoms with Gasteiger partial charge in [0, 0.05) is 17.2 Å². The summed E-state index contributed by atoms with van der Waals surface area (Å²) in [5, 5.41) is 8.83. The zero-order valence-corrected chi connectivity index (χ0v) is 10.2. The van der Waals surface area contributed by atoms with Crippen molar-refractivity contribution in [3.63, 3.8) is 0 Å². The Morgan fingerprint density at radius 1 is 1.26 bits per heavy atom. The number of hydrogen-bond acceptors (Lipinski definition) is 3. The SMILES string of the molecule is NC(=O)c1cccc(C(=O)N(CC(=O)O)C2CC2)c1. The highest BCUT2D eigenvalue weighted by Gasteiger charge is 2.34. The van der Waals surface area contributed by atoms with E-state index in [9.17, 15) is 14.4 Å². The van der Waals surface area contributed by atoms with Gasteiger partial charge < -0.3 is 15.7 Å². The molecule has 0 atom stereocenters. The van der Waals surface area contributed by atoms with Crippen LogP contribution >= 0.6 is 0 Å². The van der Waals surface area contributed by atoms with E-state index >= 15 is 0 Å². The highest BCUT2D eigenvalue weighted by Crippen LogP contribution is 2.28. The molecular formula is C13H14N2O4. The van der Waals surface area contributed by atoms with Crippen LogP contribution in [0.25, 0.3) is 0 Å². The number of rotatable bonds is 5. The van der Waals surface area contributed by atoms with Crippen molar-refractivity contribution in [2.45, 2.75) is 18.9 Å². The number of carboxylic acids is 1. The summed E-state index contributed by atoms with van der Waals surface area (Å²) in [7, 11) is 0. The predicted molar refractivity (Wildman–Crippen MR) is 66.7 cm³/mol. The van der Waals surface area contributed by atoms with Gasteiger partial charge >= 0.3 is 5.97 Å². The summed E-state index contributed by atoms with van der Waals surface area (Å²) in [5.41, 5.74) is 5.67. The summed E-state index contributed by atoms with van der Waals surface area (Å²) in [4.78, 5) is 35.4. The van der Waals surface area contributed by atoms with Crippen molar-refractivity contribution in [1.82, 2.24) is 4.90 Å². The van der Waals surface area contributed by atoms with Crippen LogP contribution in [0.2, 0.25) is 0 Å². The molecule has 0 unspecified atom stereocenters. The highest BCUT2D eigenvalue weighted by atomic mass is 16.4. The minimum atomic E-state index is -1.05. The van der Waals surface area contributed by atoms with Crippen molar-refractivity contribution < 1.29 is 19.5 Å². The molecule has 0 saturated heterocycles. The van der Waals surface area contributed by atoms with E-state index in [1.807, 2.05) is 0 Å². The number of primary amides is 1. The lowest BCUT2D eigenvalue weighted by atomic mass is 10.1. The zero-order chi connectivity index (χ0) is 14.0. The van der Waals surface area contributed by atoms with Crippen molar-refractivity contribution in [3.8, 4) is 0 Å². The predicted octanol–water partition coefficient (Wildman–Crippen LogP) is 0.475. The van der Waals surface area contributed by atoms with Crippen LogP contribution in [0.4, 0.5) is 0 Å². The van der Waals surface area contributed by atoms with Crippen LogP contribution in [0.1, 0.15) is 33.6 Å². The lowest BCUT2D eigenvalue weighted by Gasteiger charge is -2.20. The number of amides is 2. The van der Waals surface area contributed by atoms with Gasteiger partial charge in [-0.15, -0.1) is 0 Å². The molecule has 6 heteroatoms.